The highest BCUT2D eigenvalue weighted by Gasteiger charge is 2.49. The van der Waals surface area contributed by atoms with Gasteiger partial charge in [-0.05, 0) is 52.3 Å². The van der Waals surface area contributed by atoms with Crippen molar-refractivity contribution in [2.45, 2.75) is 70.0 Å². The van der Waals surface area contributed by atoms with Crippen LogP contribution in [0.3, 0.4) is 0 Å². The first kappa shape index (κ1) is 32.0. The highest BCUT2D eigenvalue weighted by atomic mass is 19.4. The molecule has 0 amide bonds. The van der Waals surface area contributed by atoms with E-state index in [1.807, 2.05) is 18.7 Å². The van der Waals surface area contributed by atoms with Crippen molar-refractivity contribution in [1.29, 1.82) is 0 Å². The zero-order chi connectivity index (χ0) is 34.1. The molecule has 254 valence electrons. The van der Waals surface area contributed by atoms with Crippen LogP contribution in [-0.4, -0.2) is 73.9 Å². The zero-order valence-corrected chi connectivity index (χ0v) is 26.5. The molecular formula is C32H34F5N9O2. The molecule has 0 spiro atoms. The fraction of sp³-hybridized carbons (Fsp3) is 0.469. The van der Waals surface area contributed by atoms with Gasteiger partial charge < -0.3 is 25.8 Å². The van der Waals surface area contributed by atoms with Crippen molar-refractivity contribution in [2.75, 3.05) is 42.7 Å². The van der Waals surface area contributed by atoms with Crippen LogP contribution in [-0.2, 0) is 6.18 Å². The summed E-state index contributed by atoms with van der Waals surface area (Å²) in [7, 11) is 0. The normalized spacial score (nSPS) is 23.2. The van der Waals surface area contributed by atoms with Crippen LogP contribution in [0.4, 0.5) is 39.4 Å². The van der Waals surface area contributed by atoms with Gasteiger partial charge in [-0.3, -0.25) is 4.90 Å². The van der Waals surface area contributed by atoms with Crippen LogP contribution in [0.2, 0.25) is 0 Å². The molecule has 0 aromatic carbocycles. The van der Waals surface area contributed by atoms with Gasteiger partial charge in [0.05, 0.1) is 28.9 Å². The topological polar surface area (TPSA) is 141 Å². The van der Waals surface area contributed by atoms with Gasteiger partial charge in [0.2, 0.25) is 5.88 Å². The Kier molecular flexibility index (Phi) is 7.68. The Hall–Kier alpha value is -4.60. The van der Waals surface area contributed by atoms with E-state index in [0.717, 1.165) is 26.0 Å². The second-order valence-electron chi connectivity index (χ2n) is 12.8. The maximum Gasteiger partial charge on any atom is 0.418 e. The molecule has 16 heteroatoms. The molecule has 4 aromatic heterocycles. The van der Waals surface area contributed by atoms with Crippen molar-refractivity contribution in [2.24, 2.45) is 0 Å². The van der Waals surface area contributed by atoms with Gasteiger partial charge in [-0.25, -0.2) is 23.7 Å². The largest absolute Gasteiger partial charge is 0.475 e. The van der Waals surface area contributed by atoms with E-state index < -0.39 is 58.3 Å². The lowest BCUT2D eigenvalue weighted by Crippen LogP contribution is -2.43. The Bertz CT molecular complexity index is 1910. The fourth-order valence-corrected chi connectivity index (χ4v) is 7.51. The molecule has 0 radical (unpaired) electrons. The van der Waals surface area contributed by atoms with Crippen LogP contribution in [0.1, 0.15) is 56.0 Å². The van der Waals surface area contributed by atoms with Crippen molar-refractivity contribution in [3.8, 4) is 23.1 Å². The number of nitrogens with zero attached hydrogens (tertiary/aromatic N) is 7. The van der Waals surface area contributed by atoms with Crippen molar-refractivity contribution in [3.63, 3.8) is 0 Å². The molecule has 0 bridgehead atoms. The van der Waals surface area contributed by atoms with Crippen molar-refractivity contribution in [3.05, 3.63) is 47.0 Å². The van der Waals surface area contributed by atoms with E-state index >= 15 is 4.39 Å². The van der Waals surface area contributed by atoms with Gasteiger partial charge in [0, 0.05) is 30.3 Å². The SMILES string of the molecule is Cc1nc(N)cc(-c2nc3c4c(nc(OC[C@@]56CCCN5CC(F)C6)nc4c2F)N(C(C)c2cccnc2N)[C@@H](C)CO3)c1C(F)(F)F. The van der Waals surface area contributed by atoms with E-state index in [9.17, 15) is 17.6 Å². The first-order valence-corrected chi connectivity index (χ1v) is 15.7. The molecule has 11 nitrogen and oxygen atoms in total. The van der Waals surface area contributed by atoms with E-state index in [4.69, 9.17) is 25.9 Å². The van der Waals surface area contributed by atoms with Gasteiger partial charge in [-0.2, -0.15) is 23.1 Å². The van der Waals surface area contributed by atoms with E-state index in [-0.39, 0.29) is 59.9 Å². The third-order valence-electron chi connectivity index (χ3n) is 9.62. The molecular weight excluding hydrogens is 637 g/mol. The Morgan fingerprint density at radius 1 is 1.19 bits per heavy atom. The first-order chi connectivity index (χ1) is 22.8. The predicted octanol–water partition coefficient (Wildman–Crippen LogP) is 5.42. The number of aryl methyl sites for hydroxylation is 1. The van der Waals surface area contributed by atoms with Gasteiger partial charge in [0.15, 0.2) is 5.82 Å². The summed E-state index contributed by atoms with van der Waals surface area (Å²) in [6.07, 6.45) is -2.51. The van der Waals surface area contributed by atoms with Crippen molar-refractivity contribution >= 4 is 28.4 Å². The number of alkyl halides is 4. The molecule has 2 fully saturated rings. The molecule has 0 saturated carbocycles. The Morgan fingerprint density at radius 2 is 1.98 bits per heavy atom. The molecule has 4 aromatic rings. The van der Waals surface area contributed by atoms with E-state index in [1.54, 1.807) is 18.3 Å². The highest BCUT2D eigenvalue weighted by molar-refractivity contribution is 5.97. The number of hydrogen-bond acceptors (Lipinski definition) is 11. The Balaban J connectivity index is 1.45. The van der Waals surface area contributed by atoms with Crippen LogP contribution in [0, 0.1) is 12.7 Å². The number of ether oxygens (including phenoxy) is 2. The number of aromatic nitrogens is 5. The first-order valence-electron chi connectivity index (χ1n) is 15.7. The lowest BCUT2D eigenvalue weighted by molar-refractivity contribution is -0.137. The number of rotatable bonds is 6. The van der Waals surface area contributed by atoms with Gasteiger partial charge in [-0.1, -0.05) is 6.07 Å². The smallest absolute Gasteiger partial charge is 0.418 e. The summed E-state index contributed by atoms with van der Waals surface area (Å²) < 4.78 is 86.7. The summed E-state index contributed by atoms with van der Waals surface area (Å²) in [5, 5.41) is 0.0416. The Labute approximate surface area is 272 Å². The summed E-state index contributed by atoms with van der Waals surface area (Å²) in [5.41, 5.74) is 8.93. The molecule has 2 unspecified atom stereocenters. The molecule has 4 atom stereocenters. The summed E-state index contributed by atoms with van der Waals surface area (Å²) in [6.45, 7) is 5.93. The summed E-state index contributed by atoms with van der Waals surface area (Å²) >= 11 is 0. The third-order valence-corrected chi connectivity index (χ3v) is 9.62. The number of fused-ring (bicyclic) bond motifs is 1. The predicted molar refractivity (Wildman–Crippen MR) is 168 cm³/mol. The lowest BCUT2D eigenvalue weighted by Gasteiger charge is -2.35. The van der Waals surface area contributed by atoms with Crippen molar-refractivity contribution < 1.29 is 31.4 Å². The van der Waals surface area contributed by atoms with Gasteiger partial charge >= 0.3 is 12.2 Å². The van der Waals surface area contributed by atoms with Gasteiger partial charge in [0.25, 0.3) is 0 Å². The van der Waals surface area contributed by atoms with Gasteiger partial charge in [-0.15, -0.1) is 0 Å². The van der Waals surface area contributed by atoms with E-state index in [2.05, 4.69) is 24.8 Å². The summed E-state index contributed by atoms with van der Waals surface area (Å²) in [5.74, 6) is -1.12. The molecule has 48 heavy (non-hydrogen) atoms. The number of halogens is 5. The maximum absolute atomic E-state index is 16.8. The minimum Gasteiger partial charge on any atom is -0.475 e. The number of nitrogen functional groups attached to an aromatic ring is 2. The highest BCUT2D eigenvalue weighted by Crippen LogP contribution is 2.46. The lowest BCUT2D eigenvalue weighted by atomic mass is 9.95. The fourth-order valence-electron chi connectivity index (χ4n) is 7.51. The molecule has 4 N–H and O–H groups in total. The Morgan fingerprint density at radius 3 is 2.73 bits per heavy atom. The van der Waals surface area contributed by atoms with E-state index in [1.165, 1.54) is 0 Å². The molecule has 3 aliphatic heterocycles. The minimum absolute atomic E-state index is 0.00380. The monoisotopic (exact) mass is 671 g/mol. The quantitative estimate of drug-likeness (QED) is 0.254. The molecule has 7 rings (SSSR count). The average molecular weight is 672 g/mol. The minimum atomic E-state index is -4.91. The van der Waals surface area contributed by atoms with Crippen LogP contribution >= 0.6 is 0 Å². The van der Waals surface area contributed by atoms with Gasteiger partial charge in [0.1, 0.15) is 53.4 Å². The van der Waals surface area contributed by atoms with E-state index in [0.29, 0.717) is 18.5 Å². The second kappa shape index (κ2) is 11.5. The number of anilines is 3. The van der Waals surface area contributed by atoms with Crippen molar-refractivity contribution in [1.82, 2.24) is 29.8 Å². The standard InChI is InChI=1S/C32H34F5N9O2/c1-15-13-47-29-22-26(24(34)25(42-29)20-10-21(38)41-16(2)23(20)32(35,36)37)43-30(48-14-31-7-5-9-45(31)12-18(33)11-31)44-28(22)46(15)17(3)19-6-4-8-40-27(19)39/h4,6,8,10,15,17-18H,5,7,9,11-14H2,1-3H3,(H2,38,41)(H2,39,40)/t15-,17?,18?,31-/m0/s1. The maximum atomic E-state index is 16.8. The third kappa shape index (κ3) is 5.25. The molecule has 3 aliphatic rings. The summed E-state index contributed by atoms with van der Waals surface area (Å²) in [6, 6.07) is 3.33. The summed E-state index contributed by atoms with van der Waals surface area (Å²) in [4.78, 5) is 25.3. The van der Waals surface area contributed by atoms with Crippen LogP contribution in [0.15, 0.2) is 24.4 Å². The molecule has 7 heterocycles. The van der Waals surface area contributed by atoms with Crippen LogP contribution < -0.4 is 25.8 Å². The average Bonchev–Trinajstić information content (AvgIpc) is 3.49. The van der Waals surface area contributed by atoms with Crippen LogP contribution in [0.5, 0.6) is 11.9 Å². The number of nitrogens with two attached hydrogens (primary N) is 2. The molecule has 2 saturated heterocycles. The molecule has 0 aliphatic carbocycles. The van der Waals surface area contributed by atoms with Crippen LogP contribution in [0.25, 0.3) is 22.2 Å². The zero-order valence-electron chi connectivity index (χ0n) is 26.5. The second-order valence-corrected chi connectivity index (χ2v) is 12.8. The number of pyridine rings is 3. The number of hydrogen-bond donors (Lipinski definition) is 2.